The first-order chi connectivity index (χ1) is 9.19. The zero-order valence-electron chi connectivity index (χ0n) is 10.3. The van der Waals surface area contributed by atoms with Gasteiger partial charge in [-0.15, -0.1) is 22.7 Å². The van der Waals surface area contributed by atoms with Crippen LogP contribution in [0.15, 0.2) is 12.1 Å². The molecule has 0 radical (unpaired) electrons. The molecule has 1 aliphatic rings. The van der Waals surface area contributed by atoms with Gasteiger partial charge in [0.1, 0.15) is 0 Å². The zero-order valence-corrected chi connectivity index (χ0v) is 14.3. The van der Waals surface area contributed by atoms with Gasteiger partial charge in [0.2, 0.25) is 0 Å². The van der Waals surface area contributed by atoms with E-state index in [4.69, 9.17) is 23.2 Å². The Balaban J connectivity index is 1.98. The number of rotatable bonds is 3. The number of aryl methyl sites for hydroxylation is 1. The number of fused-ring (bicyclic) bond motifs is 1. The maximum Gasteiger partial charge on any atom is 0.0995 e. The highest BCUT2D eigenvalue weighted by atomic mass is 35.5. The smallest absolute Gasteiger partial charge is 0.0995 e. The molecule has 0 spiro atoms. The summed E-state index contributed by atoms with van der Waals surface area (Å²) in [5.41, 5.74) is 2.58. The molecule has 0 saturated heterocycles. The van der Waals surface area contributed by atoms with Crippen molar-refractivity contribution < 1.29 is 0 Å². The van der Waals surface area contributed by atoms with Gasteiger partial charge in [-0.2, -0.15) is 11.8 Å². The monoisotopic (exact) mass is 349 g/mol. The van der Waals surface area contributed by atoms with Crippen molar-refractivity contribution in [3.05, 3.63) is 41.7 Å². The van der Waals surface area contributed by atoms with Gasteiger partial charge in [-0.25, -0.2) is 0 Å². The van der Waals surface area contributed by atoms with Gasteiger partial charge in [-0.3, -0.25) is 0 Å². The average Bonchev–Trinajstić information content (AvgIpc) is 2.94. The van der Waals surface area contributed by atoms with Crippen LogP contribution in [0.3, 0.4) is 0 Å². The fourth-order valence-electron chi connectivity index (χ4n) is 2.31. The molecule has 0 aliphatic carbocycles. The lowest BCUT2D eigenvalue weighted by molar-refractivity contribution is 0.706. The molecule has 102 valence electrons. The van der Waals surface area contributed by atoms with Crippen LogP contribution in [0, 0.1) is 0 Å². The predicted molar refractivity (Wildman–Crippen MR) is 89.4 cm³/mol. The minimum Gasteiger partial charge on any atom is -0.309 e. The molecule has 1 aliphatic heterocycles. The van der Waals surface area contributed by atoms with Crippen LogP contribution >= 0.6 is 57.6 Å². The fourth-order valence-corrected chi connectivity index (χ4v) is 6.35. The van der Waals surface area contributed by atoms with Crippen LogP contribution in [-0.2, 0) is 12.2 Å². The number of thiophene rings is 2. The first-order valence-corrected chi connectivity index (χ1v) is 9.54. The summed E-state index contributed by atoms with van der Waals surface area (Å²) >= 11 is 17.7. The Morgan fingerprint density at radius 3 is 2.74 bits per heavy atom. The first kappa shape index (κ1) is 14.2. The molecule has 1 nitrogen and oxygen atoms in total. The Bertz CT molecular complexity index is 567. The summed E-state index contributed by atoms with van der Waals surface area (Å²) in [4.78, 5) is 2.87. The maximum atomic E-state index is 6.29. The van der Waals surface area contributed by atoms with Gasteiger partial charge in [0.05, 0.1) is 14.7 Å². The lowest BCUT2D eigenvalue weighted by Gasteiger charge is -2.13. The maximum absolute atomic E-state index is 6.29. The second-order valence-electron chi connectivity index (χ2n) is 4.40. The summed E-state index contributed by atoms with van der Waals surface area (Å²) in [5.74, 6) is 2.38. The van der Waals surface area contributed by atoms with Crippen LogP contribution in [0.2, 0.25) is 8.67 Å². The molecule has 3 rings (SSSR count). The zero-order chi connectivity index (χ0) is 13.4. The van der Waals surface area contributed by atoms with Crippen molar-refractivity contribution in [2.75, 3.05) is 12.8 Å². The topological polar surface area (TPSA) is 12.0 Å². The van der Waals surface area contributed by atoms with Crippen LogP contribution in [0.5, 0.6) is 0 Å². The summed E-state index contributed by atoms with van der Waals surface area (Å²) in [6, 6.07) is 4.45. The average molecular weight is 350 g/mol. The standard InChI is InChI=1S/C13H13Cl2NS3/c1-16-12(8-5-11(14)19-13(8)15)10-4-7-6-17-3-2-9(7)18-10/h4-5,12,16H,2-3,6H2,1H3. The first-order valence-electron chi connectivity index (χ1n) is 6.00. The lowest BCUT2D eigenvalue weighted by atomic mass is 10.1. The van der Waals surface area contributed by atoms with E-state index in [9.17, 15) is 0 Å². The summed E-state index contributed by atoms with van der Waals surface area (Å²) in [6.07, 6.45) is 1.19. The molecule has 19 heavy (non-hydrogen) atoms. The Labute approximate surface area is 135 Å². The molecule has 6 heteroatoms. The Kier molecular flexibility index (Phi) is 4.47. The van der Waals surface area contributed by atoms with Crippen LogP contribution in [0.1, 0.15) is 26.9 Å². The molecule has 2 aromatic rings. The van der Waals surface area contributed by atoms with Crippen molar-refractivity contribution >= 4 is 57.6 Å². The summed E-state index contributed by atoms with van der Waals surface area (Å²) in [6.45, 7) is 0. The third-order valence-electron chi connectivity index (χ3n) is 3.21. The van der Waals surface area contributed by atoms with Crippen molar-refractivity contribution in [1.29, 1.82) is 0 Å². The number of nitrogens with one attached hydrogen (secondary N) is 1. The van der Waals surface area contributed by atoms with Crippen molar-refractivity contribution in [1.82, 2.24) is 5.32 Å². The number of halogens is 2. The predicted octanol–water partition coefficient (Wildman–Crippen LogP) is 5.21. The van der Waals surface area contributed by atoms with Crippen molar-refractivity contribution in [3.63, 3.8) is 0 Å². The molecule has 0 fully saturated rings. The van der Waals surface area contributed by atoms with E-state index in [-0.39, 0.29) is 6.04 Å². The molecule has 0 saturated carbocycles. The quantitative estimate of drug-likeness (QED) is 0.815. The Morgan fingerprint density at radius 1 is 1.26 bits per heavy atom. The van der Waals surface area contributed by atoms with Crippen LogP contribution in [0.4, 0.5) is 0 Å². The molecule has 0 bridgehead atoms. The number of thioether (sulfide) groups is 1. The number of hydrogen-bond acceptors (Lipinski definition) is 4. The van der Waals surface area contributed by atoms with Gasteiger partial charge < -0.3 is 5.32 Å². The van der Waals surface area contributed by atoms with Crippen LogP contribution in [-0.4, -0.2) is 12.8 Å². The summed E-state index contributed by atoms with van der Waals surface area (Å²) < 4.78 is 1.53. The minimum absolute atomic E-state index is 0.150. The molecule has 1 atom stereocenters. The summed E-state index contributed by atoms with van der Waals surface area (Å²) in [5, 5.41) is 3.37. The van der Waals surface area contributed by atoms with E-state index in [0.717, 1.165) is 20.0 Å². The third-order valence-corrected chi connectivity index (χ3v) is 7.04. The van der Waals surface area contributed by atoms with Crippen molar-refractivity contribution in [2.45, 2.75) is 18.2 Å². The van der Waals surface area contributed by atoms with E-state index in [1.165, 1.54) is 38.8 Å². The molecule has 1 N–H and O–H groups in total. The fraction of sp³-hybridized carbons (Fsp3) is 0.385. The SMILES string of the molecule is CNC(c1cc2c(s1)CCSC2)c1cc(Cl)sc1Cl. The second-order valence-corrected chi connectivity index (χ2v) is 8.96. The van der Waals surface area contributed by atoms with Crippen molar-refractivity contribution in [2.24, 2.45) is 0 Å². The van der Waals surface area contributed by atoms with E-state index < -0.39 is 0 Å². The van der Waals surface area contributed by atoms with E-state index >= 15 is 0 Å². The number of hydrogen-bond donors (Lipinski definition) is 1. The van der Waals surface area contributed by atoms with E-state index in [1.807, 2.05) is 36.2 Å². The largest absolute Gasteiger partial charge is 0.309 e. The highest BCUT2D eigenvalue weighted by molar-refractivity contribution is 7.98. The Morgan fingerprint density at radius 2 is 2.11 bits per heavy atom. The van der Waals surface area contributed by atoms with Gasteiger partial charge in [0.15, 0.2) is 0 Å². The van der Waals surface area contributed by atoms with E-state index in [0.29, 0.717) is 0 Å². The second kappa shape index (κ2) is 5.96. The van der Waals surface area contributed by atoms with Crippen molar-refractivity contribution in [3.8, 4) is 0 Å². The van der Waals surface area contributed by atoms with Gasteiger partial charge in [0, 0.05) is 21.1 Å². The van der Waals surface area contributed by atoms with Gasteiger partial charge in [0.25, 0.3) is 0 Å². The van der Waals surface area contributed by atoms with Crippen LogP contribution in [0.25, 0.3) is 0 Å². The highest BCUT2D eigenvalue weighted by Gasteiger charge is 2.22. The van der Waals surface area contributed by atoms with Gasteiger partial charge >= 0.3 is 0 Å². The van der Waals surface area contributed by atoms with E-state index in [1.54, 1.807) is 0 Å². The molecule has 1 unspecified atom stereocenters. The Hall–Kier alpha value is 0.290. The molecule has 0 aromatic carbocycles. The summed E-state index contributed by atoms with van der Waals surface area (Å²) in [7, 11) is 1.97. The highest BCUT2D eigenvalue weighted by Crippen LogP contribution is 2.41. The molecular formula is C13H13Cl2NS3. The third kappa shape index (κ3) is 2.85. The molecular weight excluding hydrogens is 337 g/mol. The normalized spacial score (nSPS) is 16.4. The van der Waals surface area contributed by atoms with Gasteiger partial charge in [-0.05, 0) is 36.9 Å². The van der Waals surface area contributed by atoms with E-state index in [2.05, 4.69) is 11.4 Å². The lowest BCUT2D eigenvalue weighted by Crippen LogP contribution is -2.16. The molecule has 0 amide bonds. The minimum atomic E-state index is 0.150. The molecule has 2 aromatic heterocycles. The molecule has 3 heterocycles. The van der Waals surface area contributed by atoms with Gasteiger partial charge in [-0.1, -0.05) is 23.2 Å². The van der Waals surface area contributed by atoms with Crippen LogP contribution < -0.4 is 5.32 Å².